The number of amides is 2. The SMILES string of the molecule is CCN(C(=O)Nc1ccc(C(=O)O)cc1O)C(C)C. The summed E-state index contributed by atoms with van der Waals surface area (Å²) in [6.07, 6.45) is 0. The Morgan fingerprint density at radius 2 is 2.00 bits per heavy atom. The van der Waals surface area contributed by atoms with Gasteiger partial charge in [0.1, 0.15) is 5.75 Å². The van der Waals surface area contributed by atoms with Crippen LogP contribution >= 0.6 is 0 Å². The minimum Gasteiger partial charge on any atom is -0.506 e. The van der Waals surface area contributed by atoms with Crippen molar-refractivity contribution in [1.29, 1.82) is 0 Å². The average Bonchev–Trinajstić information content (AvgIpc) is 2.31. The van der Waals surface area contributed by atoms with Crippen molar-refractivity contribution < 1.29 is 19.8 Å². The minimum atomic E-state index is -1.13. The highest BCUT2D eigenvalue weighted by molar-refractivity contribution is 5.93. The summed E-state index contributed by atoms with van der Waals surface area (Å²) in [5.74, 6) is -1.40. The number of phenolic OH excluding ortho intramolecular Hbond substituents is 1. The number of carboxylic acids is 1. The molecular formula is C13H18N2O4. The van der Waals surface area contributed by atoms with Gasteiger partial charge >= 0.3 is 12.0 Å². The molecule has 1 aromatic rings. The molecule has 0 aromatic heterocycles. The van der Waals surface area contributed by atoms with E-state index >= 15 is 0 Å². The lowest BCUT2D eigenvalue weighted by Gasteiger charge is -2.25. The van der Waals surface area contributed by atoms with Crippen molar-refractivity contribution in [3.8, 4) is 5.75 Å². The van der Waals surface area contributed by atoms with Crippen LogP contribution in [0, 0.1) is 0 Å². The van der Waals surface area contributed by atoms with E-state index in [0.29, 0.717) is 6.54 Å². The number of hydrogen-bond acceptors (Lipinski definition) is 3. The third-order valence-corrected chi connectivity index (χ3v) is 2.71. The van der Waals surface area contributed by atoms with Gasteiger partial charge in [-0.05, 0) is 39.0 Å². The molecule has 104 valence electrons. The number of carbonyl (C=O) groups excluding carboxylic acids is 1. The topological polar surface area (TPSA) is 89.9 Å². The predicted octanol–water partition coefficient (Wildman–Crippen LogP) is 2.35. The van der Waals surface area contributed by atoms with Gasteiger partial charge in [-0.15, -0.1) is 0 Å². The first-order chi connectivity index (χ1) is 8.86. The molecule has 0 atom stereocenters. The molecule has 0 fully saturated rings. The maximum absolute atomic E-state index is 11.9. The molecule has 0 radical (unpaired) electrons. The molecule has 19 heavy (non-hydrogen) atoms. The van der Waals surface area contributed by atoms with Gasteiger partial charge in [0.05, 0.1) is 11.3 Å². The molecular weight excluding hydrogens is 248 g/mol. The second kappa shape index (κ2) is 6.08. The highest BCUT2D eigenvalue weighted by Gasteiger charge is 2.16. The Morgan fingerprint density at radius 1 is 1.37 bits per heavy atom. The van der Waals surface area contributed by atoms with E-state index in [0.717, 1.165) is 6.07 Å². The fourth-order valence-electron chi connectivity index (χ4n) is 1.70. The number of carbonyl (C=O) groups is 2. The highest BCUT2D eigenvalue weighted by atomic mass is 16.4. The summed E-state index contributed by atoms with van der Waals surface area (Å²) in [5.41, 5.74) is 0.154. The van der Waals surface area contributed by atoms with E-state index in [4.69, 9.17) is 5.11 Å². The van der Waals surface area contributed by atoms with Gasteiger partial charge in [0, 0.05) is 12.6 Å². The normalized spacial score (nSPS) is 10.3. The number of aromatic hydroxyl groups is 1. The zero-order valence-corrected chi connectivity index (χ0v) is 11.2. The zero-order chi connectivity index (χ0) is 14.6. The van der Waals surface area contributed by atoms with E-state index in [1.165, 1.54) is 12.1 Å². The van der Waals surface area contributed by atoms with Crippen LogP contribution in [0.4, 0.5) is 10.5 Å². The number of nitrogens with one attached hydrogen (secondary N) is 1. The van der Waals surface area contributed by atoms with Crippen LogP contribution in [0.1, 0.15) is 31.1 Å². The lowest BCUT2D eigenvalue weighted by atomic mass is 10.2. The molecule has 6 nitrogen and oxygen atoms in total. The van der Waals surface area contributed by atoms with Crippen LogP contribution in [0.5, 0.6) is 5.75 Å². The van der Waals surface area contributed by atoms with Crippen molar-refractivity contribution >= 4 is 17.7 Å². The third-order valence-electron chi connectivity index (χ3n) is 2.71. The fourth-order valence-corrected chi connectivity index (χ4v) is 1.70. The Kier molecular flexibility index (Phi) is 4.74. The quantitative estimate of drug-likeness (QED) is 0.730. The number of carboxylic acid groups (broad SMARTS) is 1. The Hall–Kier alpha value is -2.24. The number of aromatic carboxylic acids is 1. The average molecular weight is 266 g/mol. The second-order valence-corrected chi connectivity index (χ2v) is 4.35. The monoisotopic (exact) mass is 266 g/mol. The highest BCUT2D eigenvalue weighted by Crippen LogP contribution is 2.24. The summed E-state index contributed by atoms with van der Waals surface area (Å²) in [6, 6.07) is 3.49. The molecule has 0 saturated heterocycles. The molecule has 3 N–H and O–H groups in total. The number of benzene rings is 1. The number of phenols is 1. The fraction of sp³-hybridized carbons (Fsp3) is 0.385. The second-order valence-electron chi connectivity index (χ2n) is 4.35. The summed E-state index contributed by atoms with van der Waals surface area (Å²) in [4.78, 5) is 24.3. The van der Waals surface area contributed by atoms with Crippen molar-refractivity contribution in [2.24, 2.45) is 0 Å². The van der Waals surface area contributed by atoms with Crippen LogP contribution < -0.4 is 5.32 Å². The van der Waals surface area contributed by atoms with Crippen LogP contribution in [-0.2, 0) is 0 Å². The Balaban J connectivity index is 2.88. The van der Waals surface area contributed by atoms with E-state index in [2.05, 4.69) is 5.32 Å². The van der Waals surface area contributed by atoms with E-state index in [-0.39, 0.29) is 29.1 Å². The minimum absolute atomic E-state index is 0.0328. The summed E-state index contributed by atoms with van der Waals surface area (Å²) >= 11 is 0. The molecule has 0 saturated carbocycles. The van der Waals surface area contributed by atoms with Gasteiger partial charge in [-0.2, -0.15) is 0 Å². The molecule has 0 aliphatic carbocycles. The standard InChI is InChI=1S/C13H18N2O4/c1-4-15(8(2)3)13(19)14-10-6-5-9(12(17)18)7-11(10)16/h5-8,16H,4H2,1-3H3,(H,14,19)(H,17,18). The smallest absolute Gasteiger partial charge is 0.335 e. The summed E-state index contributed by atoms with van der Waals surface area (Å²) in [5, 5.41) is 21.0. The Labute approximate surface area is 111 Å². The summed E-state index contributed by atoms with van der Waals surface area (Å²) in [7, 11) is 0. The number of rotatable bonds is 4. The lowest BCUT2D eigenvalue weighted by molar-refractivity contribution is 0.0696. The molecule has 6 heteroatoms. The first kappa shape index (κ1) is 14.8. The maximum atomic E-state index is 11.9. The first-order valence-corrected chi connectivity index (χ1v) is 6.00. The molecule has 0 heterocycles. The van der Waals surface area contributed by atoms with Crippen LogP contribution in [0.2, 0.25) is 0 Å². The number of urea groups is 1. The van der Waals surface area contributed by atoms with Crippen molar-refractivity contribution in [2.45, 2.75) is 26.8 Å². The number of anilines is 1. The van der Waals surface area contributed by atoms with E-state index < -0.39 is 5.97 Å². The van der Waals surface area contributed by atoms with Gasteiger partial charge in [0.25, 0.3) is 0 Å². The van der Waals surface area contributed by atoms with Gasteiger partial charge in [0.2, 0.25) is 0 Å². The summed E-state index contributed by atoms with van der Waals surface area (Å²) < 4.78 is 0. The molecule has 0 aliphatic rings. The molecule has 0 aliphatic heterocycles. The van der Waals surface area contributed by atoms with Gasteiger partial charge in [-0.1, -0.05) is 0 Å². The van der Waals surface area contributed by atoms with Gasteiger partial charge in [0.15, 0.2) is 0 Å². The molecule has 0 bridgehead atoms. The number of nitrogens with zero attached hydrogens (tertiary/aromatic N) is 1. The van der Waals surface area contributed by atoms with Gasteiger partial charge in [-0.25, -0.2) is 9.59 Å². The summed E-state index contributed by atoms with van der Waals surface area (Å²) in [6.45, 7) is 6.16. The van der Waals surface area contributed by atoms with Gasteiger partial charge < -0.3 is 20.4 Å². The van der Waals surface area contributed by atoms with Crippen LogP contribution in [0.25, 0.3) is 0 Å². The number of hydrogen-bond donors (Lipinski definition) is 3. The van der Waals surface area contributed by atoms with Crippen LogP contribution in [-0.4, -0.2) is 39.7 Å². The van der Waals surface area contributed by atoms with E-state index in [1.54, 1.807) is 4.90 Å². The molecule has 2 amide bonds. The molecule has 1 aromatic carbocycles. The van der Waals surface area contributed by atoms with Gasteiger partial charge in [-0.3, -0.25) is 0 Å². The molecule has 0 spiro atoms. The zero-order valence-electron chi connectivity index (χ0n) is 11.2. The Morgan fingerprint density at radius 3 is 2.42 bits per heavy atom. The van der Waals surface area contributed by atoms with Crippen molar-refractivity contribution in [3.63, 3.8) is 0 Å². The lowest BCUT2D eigenvalue weighted by Crippen LogP contribution is -2.39. The van der Waals surface area contributed by atoms with Crippen LogP contribution in [0.3, 0.4) is 0 Å². The Bertz CT molecular complexity index is 486. The van der Waals surface area contributed by atoms with E-state index in [1.807, 2.05) is 20.8 Å². The van der Waals surface area contributed by atoms with E-state index in [9.17, 15) is 14.7 Å². The van der Waals surface area contributed by atoms with Crippen molar-refractivity contribution in [2.75, 3.05) is 11.9 Å². The van der Waals surface area contributed by atoms with Crippen molar-refractivity contribution in [1.82, 2.24) is 4.90 Å². The molecule has 1 rings (SSSR count). The molecule has 0 unspecified atom stereocenters. The van der Waals surface area contributed by atoms with Crippen LogP contribution in [0.15, 0.2) is 18.2 Å². The predicted molar refractivity (Wildman–Crippen MR) is 71.6 cm³/mol. The third kappa shape index (κ3) is 3.61. The van der Waals surface area contributed by atoms with Crippen molar-refractivity contribution in [3.05, 3.63) is 23.8 Å². The largest absolute Gasteiger partial charge is 0.506 e. The first-order valence-electron chi connectivity index (χ1n) is 6.00. The maximum Gasteiger partial charge on any atom is 0.335 e.